The maximum Gasteiger partial charge on any atom is 0.251 e. The van der Waals surface area contributed by atoms with Gasteiger partial charge in [0, 0.05) is 18.2 Å². The lowest BCUT2D eigenvalue weighted by Crippen LogP contribution is -2.34. The molecule has 2 rings (SSSR count). The molecule has 1 aliphatic heterocycles. The van der Waals surface area contributed by atoms with E-state index in [1.807, 2.05) is 13.8 Å². The average Bonchev–Trinajstić information content (AvgIpc) is 2.38. The Morgan fingerprint density at radius 3 is 2.84 bits per heavy atom. The molecule has 1 atom stereocenters. The second-order valence-corrected chi connectivity index (χ2v) is 6.47. The molecule has 0 radical (unpaired) electrons. The Hall–Kier alpha value is -1.40. The molecular formula is C13H18N2O3S. The van der Waals surface area contributed by atoms with Gasteiger partial charge >= 0.3 is 0 Å². The Morgan fingerprint density at radius 1 is 1.42 bits per heavy atom. The molecule has 104 valence electrons. The second kappa shape index (κ2) is 5.30. The Kier molecular flexibility index (Phi) is 3.91. The highest BCUT2D eigenvalue weighted by Crippen LogP contribution is 2.19. The number of hydrogen-bond acceptors (Lipinski definition) is 3. The van der Waals surface area contributed by atoms with E-state index in [1.54, 1.807) is 12.1 Å². The van der Waals surface area contributed by atoms with Crippen LogP contribution in [0.5, 0.6) is 0 Å². The van der Waals surface area contributed by atoms with Crippen LogP contribution in [0, 0.1) is 0 Å². The van der Waals surface area contributed by atoms with E-state index in [9.17, 15) is 13.2 Å². The van der Waals surface area contributed by atoms with E-state index in [2.05, 4.69) is 10.0 Å². The van der Waals surface area contributed by atoms with Crippen LogP contribution in [-0.4, -0.2) is 26.9 Å². The first-order chi connectivity index (χ1) is 8.94. The van der Waals surface area contributed by atoms with Crippen LogP contribution >= 0.6 is 0 Å². The molecule has 1 aromatic rings. The van der Waals surface area contributed by atoms with Gasteiger partial charge in [0.05, 0.1) is 4.90 Å². The minimum atomic E-state index is -3.56. The van der Waals surface area contributed by atoms with Crippen LogP contribution in [0.2, 0.25) is 0 Å². The molecule has 0 saturated heterocycles. The van der Waals surface area contributed by atoms with Gasteiger partial charge in [-0.15, -0.1) is 0 Å². The topological polar surface area (TPSA) is 75.3 Å². The first kappa shape index (κ1) is 14.0. The number of benzene rings is 1. The molecule has 6 heteroatoms. The molecule has 0 saturated carbocycles. The van der Waals surface area contributed by atoms with Gasteiger partial charge < -0.3 is 5.32 Å². The largest absolute Gasteiger partial charge is 0.352 e. The predicted octanol–water partition coefficient (Wildman–Crippen LogP) is 1.05. The van der Waals surface area contributed by atoms with Crippen LogP contribution in [0.3, 0.4) is 0 Å². The van der Waals surface area contributed by atoms with E-state index in [1.165, 1.54) is 6.07 Å². The van der Waals surface area contributed by atoms with E-state index in [4.69, 9.17) is 0 Å². The van der Waals surface area contributed by atoms with Gasteiger partial charge in [0.15, 0.2) is 0 Å². The Bertz CT molecular complexity index is 596. The third kappa shape index (κ3) is 2.96. The van der Waals surface area contributed by atoms with Crippen molar-refractivity contribution in [2.24, 2.45) is 0 Å². The maximum atomic E-state index is 12.2. The lowest BCUT2D eigenvalue weighted by molar-refractivity contribution is 0.0946. The summed E-state index contributed by atoms with van der Waals surface area (Å²) >= 11 is 0. The molecule has 0 spiro atoms. The molecule has 0 aliphatic carbocycles. The molecule has 5 nitrogen and oxygen atoms in total. The lowest BCUT2D eigenvalue weighted by Gasteiger charge is -2.18. The zero-order valence-electron chi connectivity index (χ0n) is 11.1. The van der Waals surface area contributed by atoms with Crippen LogP contribution in [0.4, 0.5) is 0 Å². The number of amides is 1. The van der Waals surface area contributed by atoms with Crippen LogP contribution in [0.25, 0.3) is 0 Å². The van der Waals surface area contributed by atoms with E-state index < -0.39 is 10.0 Å². The Morgan fingerprint density at radius 2 is 2.16 bits per heavy atom. The molecule has 1 aliphatic rings. The van der Waals surface area contributed by atoms with Gasteiger partial charge in [0.2, 0.25) is 10.0 Å². The van der Waals surface area contributed by atoms with Gasteiger partial charge in [0.25, 0.3) is 5.91 Å². The SMILES string of the molecule is CCC(C)NS(=O)(=O)c1ccc2c(c1)C(=O)NCC2. The summed E-state index contributed by atoms with van der Waals surface area (Å²) in [5.74, 6) is -0.207. The fraction of sp³-hybridized carbons (Fsp3) is 0.462. The summed E-state index contributed by atoms with van der Waals surface area (Å²) in [4.78, 5) is 11.9. The van der Waals surface area contributed by atoms with Crippen LogP contribution < -0.4 is 10.0 Å². The lowest BCUT2D eigenvalue weighted by atomic mass is 10.0. The third-order valence-corrected chi connectivity index (χ3v) is 4.87. The van der Waals surface area contributed by atoms with Gasteiger partial charge in [-0.3, -0.25) is 4.79 Å². The minimum absolute atomic E-state index is 0.130. The fourth-order valence-electron chi connectivity index (χ4n) is 1.97. The molecule has 0 fully saturated rings. The summed E-state index contributed by atoms with van der Waals surface area (Å²) in [6.45, 7) is 4.32. The van der Waals surface area contributed by atoms with Crippen LogP contribution in [0.1, 0.15) is 36.2 Å². The fourth-order valence-corrected chi connectivity index (χ4v) is 3.33. The molecule has 2 N–H and O–H groups in total. The van der Waals surface area contributed by atoms with Crippen molar-refractivity contribution in [2.45, 2.75) is 37.6 Å². The standard InChI is InChI=1S/C13H18N2O3S/c1-3-9(2)15-19(17,18)11-5-4-10-6-7-14-13(16)12(10)8-11/h4-5,8-9,15H,3,6-7H2,1-2H3,(H,14,16). The highest BCUT2D eigenvalue weighted by Gasteiger charge is 2.22. The zero-order chi connectivity index (χ0) is 14.0. The van der Waals surface area contributed by atoms with E-state index in [-0.39, 0.29) is 16.8 Å². The minimum Gasteiger partial charge on any atom is -0.352 e. The monoisotopic (exact) mass is 282 g/mol. The molecule has 1 unspecified atom stereocenters. The molecule has 0 bridgehead atoms. The summed E-state index contributed by atoms with van der Waals surface area (Å²) in [6.07, 6.45) is 1.45. The quantitative estimate of drug-likeness (QED) is 0.866. The molecule has 1 aromatic carbocycles. The second-order valence-electron chi connectivity index (χ2n) is 4.76. The first-order valence-corrected chi connectivity index (χ1v) is 7.86. The summed E-state index contributed by atoms with van der Waals surface area (Å²) in [7, 11) is -3.56. The maximum absolute atomic E-state index is 12.2. The Balaban J connectivity index is 2.36. The van der Waals surface area contributed by atoms with Crippen molar-refractivity contribution in [3.63, 3.8) is 0 Å². The Labute approximate surface area is 113 Å². The van der Waals surface area contributed by atoms with Crippen molar-refractivity contribution in [1.82, 2.24) is 10.0 Å². The summed E-state index contributed by atoms with van der Waals surface area (Å²) < 4.78 is 26.9. The number of nitrogens with one attached hydrogen (secondary N) is 2. The van der Waals surface area contributed by atoms with Crippen molar-refractivity contribution in [3.8, 4) is 0 Å². The van der Waals surface area contributed by atoms with Gasteiger partial charge in [-0.1, -0.05) is 13.0 Å². The molecule has 1 heterocycles. The molecule has 0 aromatic heterocycles. The smallest absolute Gasteiger partial charge is 0.251 e. The normalized spacial score (nSPS) is 16.6. The first-order valence-electron chi connectivity index (χ1n) is 6.37. The molecule has 19 heavy (non-hydrogen) atoms. The van der Waals surface area contributed by atoms with Crippen molar-refractivity contribution < 1.29 is 13.2 Å². The number of sulfonamides is 1. The van der Waals surface area contributed by atoms with Gasteiger partial charge in [-0.05, 0) is 37.5 Å². The highest BCUT2D eigenvalue weighted by molar-refractivity contribution is 7.89. The number of fused-ring (bicyclic) bond motifs is 1. The molecular weight excluding hydrogens is 264 g/mol. The van der Waals surface area contributed by atoms with E-state index >= 15 is 0 Å². The van der Waals surface area contributed by atoms with Crippen molar-refractivity contribution >= 4 is 15.9 Å². The highest BCUT2D eigenvalue weighted by atomic mass is 32.2. The molecule has 1 amide bonds. The van der Waals surface area contributed by atoms with Crippen LogP contribution in [0.15, 0.2) is 23.1 Å². The van der Waals surface area contributed by atoms with Crippen molar-refractivity contribution in [2.75, 3.05) is 6.54 Å². The van der Waals surface area contributed by atoms with E-state index in [0.717, 1.165) is 12.0 Å². The predicted molar refractivity (Wildman–Crippen MR) is 72.6 cm³/mol. The van der Waals surface area contributed by atoms with Gasteiger partial charge in [0.1, 0.15) is 0 Å². The summed E-state index contributed by atoms with van der Waals surface area (Å²) in [5, 5.41) is 2.71. The average molecular weight is 282 g/mol. The number of carbonyl (C=O) groups is 1. The number of hydrogen-bond donors (Lipinski definition) is 2. The van der Waals surface area contributed by atoms with Gasteiger partial charge in [-0.2, -0.15) is 0 Å². The zero-order valence-corrected chi connectivity index (χ0v) is 11.9. The number of rotatable bonds is 4. The number of carbonyl (C=O) groups excluding carboxylic acids is 1. The van der Waals surface area contributed by atoms with E-state index in [0.29, 0.717) is 18.5 Å². The van der Waals surface area contributed by atoms with Gasteiger partial charge in [-0.25, -0.2) is 13.1 Å². The summed E-state index contributed by atoms with van der Waals surface area (Å²) in [5.41, 5.74) is 1.35. The third-order valence-electron chi connectivity index (χ3n) is 3.28. The van der Waals surface area contributed by atoms with Crippen molar-refractivity contribution in [1.29, 1.82) is 0 Å². The summed E-state index contributed by atoms with van der Waals surface area (Å²) in [6, 6.07) is 4.60. The van der Waals surface area contributed by atoms with Crippen LogP contribution in [-0.2, 0) is 16.4 Å². The van der Waals surface area contributed by atoms with Crippen molar-refractivity contribution in [3.05, 3.63) is 29.3 Å².